The summed E-state index contributed by atoms with van der Waals surface area (Å²) in [7, 11) is 0. The highest BCUT2D eigenvalue weighted by molar-refractivity contribution is 5.88. The maximum atomic E-state index is 10.9. The number of nitrogens with two attached hydrogens (primary N) is 1. The van der Waals surface area contributed by atoms with E-state index >= 15 is 0 Å². The van der Waals surface area contributed by atoms with Gasteiger partial charge in [-0.05, 0) is 25.5 Å². The van der Waals surface area contributed by atoms with Crippen LogP contribution < -0.4 is 5.73 Å². The number of primary amides is 1. The van der Waals surface area contributed by atoms with E-state index in [9.17, 15) is 9.59 Å². The summed E-state index contributed by atoms with van der Waals surface area (Å²) in [4.78, 5) is 21.6. The number of nitrogens with zero attached hydrogens (tertiary/aromatic N) is 1. The van der Waals surface area contributed by atoms with Crippen molar-refractivity contribution < 1.29 is 14.7 Å². The third-order valence-corrected chi connectivity index (χ3v) is 2.01. The lowest BCUT2D eigenvalue weighted by Gasteiger charge is -2.06. The number of aromatic nitrogens is 1. The number of aryl methyl sites for hydroxylation is 2. The molecule has 0 aliphatic rings. The maximum Gasteiger partial charge on any atom is 0.352 e. The van der Waals surface area contributed by atoms with Gasteiger partial charge in [0, 0.05) is 5.69 Å². The zero-order valence-corrected chi connectivity index (χ0v) is 8.07. The molecule has 14 heavy (non-hydrogen) atoms. The Morgan fingerprint density at radius 2 is 2.07 bits per heavy atom. The largest absolute Gasteiger partial charge is 0.477 e. The second-order valence-electron chi connectivity index (χ2n) is 3.17. The second-order valence-corrected chi connectivity index (χ2v) is 3.17. The SMILES string of the molecule is Cc1cc(C)n(CC(N)=O)c1C(=O)O. The van der Waals surface area contributed by atoms with Gasteiger partial charge in [-0.2, -0.15) is 0 Å². The zero-order valence-electron chi connectivity index (χ0n) is 8.07. The van der Waals surface area contributed by atoms with Crippen LogP contribution >= 0.6 is 0 Å². The molecule has 0 bridgehead atoms. The topological polar surface area (TPSA) is 85.3 Å². The highest BCUT2D eigenvalue weighted by Crippen LogP contribution is 2.14. The van der Waals surface area contributed by atoms with Crippen LogP contribution in [0.3, 0.4) is 0 Å². The van der Waals surface area contributed by atoms with E-state index in [4.69, 9.17) is 10.8 Å². The third-order valence-electron chi connectivity index (χ3n) is 2.01. The summed E-state index contributed by atoms with van der Waals surface area (Å²) in [6, 6.07) is 1.71. The van der Waals surface area contributed by atoms with E-state index in [0.717, 1.165) is 5.69 Å². The molecule has 1 aromatic heterocycles. The van der Waals surface area contributed by atoms with Gasteiger partial charge in [0.25, 0.3) is 0 Å². The monoisotopic (exact) mass is 196 g/mol. The van der Waals surface area contributed by atoms with Crippen molar-refractivity contribution >= 4 is 11.9 Å². The number of carbonyl (C=O) groups is 2. The van der Waals surface area contributed by atoms with Gasteiger partial charge in [0.05, 0.1) is 0 Å². The number of hydrogen-bond donors (Lipinski definition) is 2. The normalized spacial score (nSPS) is 10.1. The molecule has 0 aromatic carbocycles. The first-order valence-electron chi connectivity index (χ1n) is 4.11. The molecule has 1 heterocycles. The summed E-state index contributed by atoms with van der Waals surface area (Å²) in [6.07, 6.45) is 0. The Morgan fingerprint density at radius 3 is 2.50 bits per heavy atom. The molecule has 0 fully saturated rings. The highest BCUT2D eigenvalue weighted by Gasteiger charge is 2.16. The molecule has 0 saturated carbocycles. The first kappa shape index (κ1) is 10.3. The summed E-state index contributed by atoms with van der Waals surface area (Å²) >= 11 is 0. The van der Waals surface area contributed by atoms with Crippen LogP contribution in [0.2, 0.25) is 0 Å². The second kappa shape index (κ2) is 3.53. The van der Waals surface area contributed by atoms with E-state index in [1.165, 1.54) is 4.57 Å². The molecular weight excluding hydrogens is 184 g/mol. The number of carboxylic acid groups (broad SMARTS) is 1. The molecule has 0 aliphatic heterocycles. The molecule has 1 amide bonds. The van der Waals surface area contributed by atoms with Gasteiger partial charge in [-0.1, -0.05) is 0 Å². The molecule has 0 saturated heterocycles. The first-order chi connectivity index (χ1) is 6.43. The standard InChI is InChI=1S/C9H12N2O3/c1-5-3-6(2)11(4-7(10)12)8(5)9(13)14/h3H,4H2,1-2H3,(H2,10,12)(H,13,14). The van der Waals surface area contributed by atoms with Crippen LogP contribution in [-0.2, 0) is 11.3 Å². The Labute approximate surface area is 81.1 Å². The average molecular weight is 196 g/mol. The van der Waals surface area contributed by atoms with E-state index in [-0.39, 0.29) is 12.2 Å². The average Bonchev–Trinajstić information content (AvgIpc) is 2.25. The van der Waals surface area contributed by atoms with Gasteiger partial charge < -0.3 is 15.4 Å². The van der Waals surface area contributed by atoms with Gasteiger partial charge >= 0.3 is 5.97 Å². The van der Waals surface area contributed by atoms with Crippen molar-refractivity contribution in [2.45, 2.75) is 20.4 Å². The van der Waals surface area contributed by atoms with Crippen molar-refractivity contribution in [3.05, 3.63) is 23.0 Å². The van der Waals surface area contributed by atoms with Crippen LogP contribution in [0.5, 0.6) is 0 Å². The van der Waals surface area contributed by atoms with E-state index < -0.39 is 11.9 Å². The Kier molecular flexibility index (Phi) is 2.60. The summed E-state index contributed by atoms with van der Waals surface area (Å²) < 4.78 is 1.40. The quantitative estimate of drug-likeness (QED) is 0.728. The molecule has 0 aliphatic carbocycles. The number of hydrogen-bond acceptors (Lipinski definition) is 2. The van der Waals surface area contributed by atoms with Gasteiger partial charge in [-0.15, -0.1) is 0 Å². The molecule has 0 radical (unpaired) electrons. The van der Waals surface area contributed by atoms with Crippen molar-refractivity contribution in [1.29, 1.82) is 0 Å². The molecule has 3 N–H and O–H groups in total. The lowest BCUT2D eigenvalue weighted by molar-refractivity contribution is -0.118. The number of carbonyl (C=O) groups excluding carboxylic acids is 1. The van der Waals surface area contributed by atoms with Gasteiger partial charge in [0.2, 0.25) is 5.91 Å². The molecule has 1 rings (SSSR count). The minimum Gasteiger partial charge on any atom is -0.477 e. The van der Waals surface area contributed by atoms with Crippen LogP contribution in [-0.4, -0.2) is 21.6 Å². The number of amides is 1. The third kappa shape index (κ3) is 1.76. The van der Waals surface area contributed by atoms with Crippen LogP contribution in [0.15, 0.2) is 6.07 Å². The Morgan fingerprint density at radius 1 is 1.50 bits per heavy atom. The number of rotatable bonds is 3. The van der Waals surface area contributed by atoms with Gasteiger partial charge in [-0.25, -0.2) is 4.79 Å². The maximum absolute atomic E-state index is 10.9. The predicted octanol–water partition coefficient (Wildman–Crippen LogP) is 0.288. The summed E-state index contributed by atoms with van der Waals surface area (Å²) in [5.41, 5.74) is 6.50. The van der Waals surface area contributed by atoms with Gasteiger partial charge in [0.1, 0.15) is 12.2 Å². The molecule has 76 valence electrons. The van der Waals surface area contributed by atoms with Gasteiger partial charge in [0.15, 0.2) is 0 Å². The molecule has 0 spiro atoms. The van der Waals surface area contributed by atoms with Crippen molar-refractivity contribution in [2.24, 2.45) is 5.73 Å². The van der Waals surface area contributed by atoms with E-state index in [0.29, 0.717) is 5.56 Å². The molecule has 1 aromatic rings. The summed E-state index contributed by atoms with van der Waals surface area (Å²) in [5.74, 6) is -1.59. The van der Waals surface area contributed by atoms with Crippen molar-refractivity contribution in [3.8, 4) is 0 Å². The van der Waals surface area contributed by atoms with E-state index in [1.807, 2.05) is 0 Å². The van der Waals surface area contributed by atoms with Crippen LogP contribution in [0, 0.1) is 13.8 Å². The van der Waals surface area contributed by atoms with Crippen LogP contribution in [0.1, 0.15) is 21.7 Å². The molecule has 5 heteroatoms. The molecular formula is C9H12N2O3. The Bertz CT molecular complexity index is 393. The number of aromatic carboxylic acids is 1. The highest BCUT2D eigenvalue weighted by atomic mass is 16.4. The molecule has 5 nitrogen and oxygen atoms in total. The molecule has 0 atom stereocenters. The minimum atomic E-state index is -1.04. The lowest BCUT2D eigenvalue weighted by atomic mass is 10.2. The van der Waals surface area contributed by atoms with E-state index in [1.54, 1.807) is 19.9 Å². The van der Waals surface area contributed by atoms with Crippen LogP contribution in [0.4, 0.5) is 0 Å². The Hall–Kier alpha value is -1.78. The predicted molar refractivity (Wildman–Crippen MR) is 50.1 cm³/mol. The van der Waals surface area contributed by atoms with Gasteiger partial charge in [-0.3, -0.25) is 4.79 Å². The Balaban J connectivity index is 3.24. The molecule has 0 unspecified atom stereocenters. The summed E-state index contributed by atoms with van der Waals surface area (Å²) in [6.45, 7) is 3.33. The fraction of sp³-hybridized carbons (Fsp3) is 0.333. The van der Waals surface area contributed by atoms with Crippen LogP contribution in [0.25, 0.3) is 0 Å². The minimum absolute atomic E-state index is 0.0959. The van der Waals surface area contributed by atoms with Crippen molar-refractivity contribution in [3.63, 3.8) is 0 Å². The van der Waals surface area contributed by atoms with Crippen molar-refractivity contribution in [2.75, 3.05) is 0 Å². The fourth-order valence-electron chi connectivity index (χ4n) is 1.49. The zero-order chi connectivity index (χ0) is 10.9. The smallest absolute Gasteiger partial charge is 0.352 e. The van der Waals surface area contributed by atoms with Crippen molar-refractivity contribution in [1.82, 2.24) is 4.57 Å². The summed E-state index contributed by atoms with van der Waals surface area (Å²) in [5, 5.41) is 8.90. The first-order valence-corrected chi connectivity index (χ1v) is 4.11. The fourth-order valence-corrected chi connectivity index (χ4v) is 1.49. The lowest BCUT2D eigenvalue weighted by Crippen LogP contribution is -2.22. The number of carboxylic acids is 1. The van der Waals surface area contributed by atoms with E-state index in [2.05, 4.69) is 0 Å².